The summed E-state index contributed by atoms with van der Waals surface area (Å²) in [5.41, 5.74) is 0. The van der Waals surface area contributed by atoms with Crippen LogP contribution in [0.3, 0.4) is 0 Å². The molecule has 1 saturated heterocycles. The highest BCUT2D eigenvalue weighted by Crippen LogP contribution is 2.24. The zero-order valence-corrected chi connectivity index (χ0v) is 8.16. The molecule has 3 nitrogen and oxygen atoms in total. The van der Waals surface area contributed by atoms with Crippen molar-refractivity contribution in [3.8, 4) is 0 Å². The van der Waals surface area contributed by atoms with E-state index in [4.69, 9.17) is 4.74 Å². The lowest BCUT2D eigenvalue weighted by Crippen LogP contribution is -2.50. The highest BCUT2D eigenvalue weighted by molar-refractivity contribution is 5.69. The minimum absolute atomic E-state index is 0.0920. The summed E-state index contributed by atoms with van der Waals surface area (Å²) in [6.07, 6.45) is 5.80. The van der Waals surface area contributed by atoms with Gasteiger partial charge in [-0.1, -0.05) is 0 Å². The molecule has 0 aromatic heterocycles. The highest BCUT2D eigenvalue weighted by atomic mass is 16.6. The summed E-state index contributed by atoms with van der Waals surface area (Å²) in [7, 11) is 0. The molecule has 1 heterocycles. The molecule has 1 saturated carbocycles. The van der Waals surface area contributed by atoms with Gasteiger partial charge in [0.2, 0.25) is 0 Å². The van der Waals surface area contributed by atoms with Gasteiger partial charge in [-0.25, -0.2) is 4.79 Å². The molecule has 0 aromatic carbocycles. The Labute approximate surface area is 79.0 Å². The van der Waals surface area contributed by atoms with Crippen molar-refractivity contribution in [1.82, 2.24) is 4.90 Å². The van der Waals surface area contributed by atoms with Gasteiger partial charge in [-0.3, -0.25) is 0 Å². The fourth-order valence-electron chi connectivity index (χ4n) is 2.00. The van der Waals surface area contributed by atoms with Gasteiger partial charge in [-0.15, -0.1) is 0 Å². The summed E-state index contributed by atoms with van der Waals surface area (Å²) < 4.78 is 5.37. The van der Waals surface area contributed by atoms with Crippen molar-refractivity contribution < 1.29 is 9.53 Å². The van der Waals surface area contributed by atoms with Crippen LogP contribution in [0.25, 0.3) is 0 Å². The molecular weight excluding hydrogens is 166 g/mol. The van der Waals surface area contributed by atoms with Gasteiger partial charge in [0.05, 0.1) is 0 Å². The van der Waals surface area contributed by atoms with Crippen molar-refractivity contribution in [3.63, 3.8) is 0 Å². The monoisotopic (exact) mass is 183 g/mol. The molecule has 74 valence electrons. The summed E-state index contributed by atoms with van der Waals surface area (Å²) in [6, 6.07) is 0.397. The number of rotatable bonds is 1. The van der Waals surface area contributed by atoms with Crippen molar-refractivity contribution in [2.75, 3.05) is 6.54 Å². The summed E-state index contributed by atoms with van der Waals surface area (Å²) >= 11 is 0. The number of hydrogen-bond donors (Lipinski definition) is 0. The molecule has 0 N–H and O–H groups in total. The highest BCUT2D eigenvalue weighted by Gasteiger charge is 2.31. The number of likely N-dealkylation sites (tertiary alicyclic amines) is 1. The number of carbonyl (C=O) groups excluding carboxylic acids is 1. The van der Waals surface area contributed by atoms with Crippen LogP contribution < -0.4 is 0 Å². The number of carbonyl (C=O) groups is 1. The first-order valence-electron chi connectivity index (χ1n) is 5.24. The van der Waals surface area contributed by atoms with E-state index in [-0.39, 0.29) is 12.2 Å². The predicted molar refractivity (Wildman–Crippen MR) is 49.5 cm³/mol. The number of hydrogen-bond acceptors (Lipinski definition) is 2. The molecule has 1 aliphatic carbocycles. The second kappa shape index (κ2) is 3.56. The van der Waals surface area contributed by atoms with Crippen LogP contribution in [0, 0.1) is 0 Å². The lowest BCUT2D eigenvalue weighted by atomic mass is 10.1. The molecule has 0 radical (unpaired) electrons. The number of amides is 1. The number of nitrogens with zero attached hydrogens (tertiary/aromatic N) is 1. The summed E-state index contributed by atoms with van der Waals surface area (Å²) in [5.74, 6) is 0. The van der Waals surface area contributed by atoms with Gasteiger partial charge in [0.25, 0.3) is 0 Å². The van der Waals surface area contributed by atoms with E-state index in [1.165, 1.54) is 12.8 Å². The first kappa shape index (κ1) is 8.85. The second-order valence-electron chi connectivity index (χ2n) is 4.12. The van der Waals surface area contributed by atoms with Crippen molar-refractivity contribution in [3.05, 3.63) is 0 Å². The predicted octanol–water partition coefficient (Wildman–Crippen LogP) is 2.16. The van der Waals surface area contributed by atoms with Gasteiger partial charge in [-0.2, -0.15) is 0 Å². The van der Waals surface area contributed by atoms with Gasteiger partial charge in [0, 0.05) is 12.6 Å². The maximum Gasteiger partial charge on any atom is 0.410 e. The smallest absolute Gasteiger partial charge is 0.410 e. The summed E-state index contributed by atoms with van der Waals surface area (Å²) in [5, 5.41) is 0. The largest absolute Gasteiger partial charge is 0.446 e. The van der Waals surface area contributed by atoms with Gasteiger partial charge < -0.3 is 9.64 Å². The van der Waals surface area contributed by atoms with E-state index in [9.17, 15) is 4.79 Å². The third-order valence-corrected chi connectivity index (χ3v) is 3.12. The fraction of sp³-hybridized carbons (Fsp3) is 0.900. The minimum atomic E-state index is -0.0920. The molecule has 1 amide bonds. The molecule has 1 atom stereocenters. The van der Waals surface area contributed by atoms with E-state index in [1.807, 2.05) is 4.90 Å². The van der Waals surface area contributed by atoms with Crippen LogP contribution in [0.15, 0.2) is 0 Å². The van der Waals surface area contributed by atoms with Gasteiger partial charge in [0.1, 0.15) is 6.10 Å². The van der Waals surface area contributed by atoms with Gasteiger partial charge >= 0.3 is 6.09 Å². The van der Waals surface area contributed by atoms with Crippen molar-refractivity contribution in [1.29, 1.82) is 0 Å². The normalized spacial score (nSPS) is 28.7. The minimum Gasteiger partial charge on any atom is -0.446 e. The zero-order valence-electron chi connectivity index (χ0n) is 8.16. The quantitative estimate of drug-likeness (QED) is 0.623. The maximum atomic E-state index is 11.5. The number of ether oxygens (including phenoxy) is 1. The Bertz CT molecular complexity index is 199. The SMILES string of the molecule is CC1CCN1C(=O)OC1CCCC1. The third kappa shape index (κ3) is 1.79. The zero-order chi connectivity index (χ0) is 9.26. The Balaban J connectivity index is 1.77. The lowest BCUT2D eigenvalue weighted by Gasteiger charge is -2.38. The summed E-state index contributed by atoms with van der Waals surface area (Å²) in [4.78, 5) is 13.3. The maximum absolute atomic E-state index is 11.5. The molecule has 2 fully saturated rings. The van der Waals surface area contributed by atoms with E-state index >= 15 is 0 Å². The fourth-order valence-corrected chi connectivity index (χ4v) is 2.00. The van der Waals surface area contributed by atoms with Crippen LogP contribution in [-0.2, 0) is 4.74 Å². The standard InChI is InChI=1S/C10H17NO2/c1-8-6-7-11(8)10(12)13-9-4-2-3-5-9/h8-9H,2-7H2,1H3. The van der Waals surface area contributed by atoms with Crippen LogP contribution >= 0.6 is 0 Å². The Kier molecular flexibility index (Phi) is 2.42. The molecule has 0 bridgehead atoms. The average Bonchev–Trinajstić information content (AvgIpc) is 2.54. The molecule has 3 heteroatoms. The Morgan fingerprint density at radius 1 is 1.31 bits per heavy atom. The van der Waals surface area contributed by atoms with Crippen LogP contribution in [0.4, 0.5) is 4.79 Å². The van der Waals surface area contributed by atoms with E-state index in [0.717, 1.165) is 25.8 Å². The third-order valence-electron chi connectivity index (χ3n) is 3.12. The first-order valence-corrected chi connectivity index (χ1v) is 5.24. The van der Waals surface area contributed by atoms with Crippen LogP contribution in [-0.4, -0.2) is 29.7 Å². The molecule has 13 heavy (non-hydrogen) atoms. The molecular formula is C10H17NO2. The lowest BCUT2D eigenvalue weighted by molar-refractivity contribution is 0.0286. The van der Waals surface area contributed by atoms with E-state index < -0.39 is 0 Å². The molecule has 0 spiro atoms. The molecule has 0 aromatic rings. The van der Waals surface area contributed by atoms with Crippen LogP contribution in [0.2, 0.25) is 0 Å². The van der Waals surface area contributed by atoms with E-state index in [1.54, 1.807) is 0 Å². The Hall–Kier alpha value is -0.730. The van der Waals surface area contributed by atoms with E-state index in [0.29, 0.717) is 6.04 Å². The van der Waals surface area contributed by atoms with Gasteiger partial charge in [0.15, 0.2) is 0 Å². The molecule has 1 aliphatic heterocycles. The van der Waals surface area contributed by atoms with E-state index in [2.05, 4.69) is 6.92 Å². The molecule has 2 aliphatic rings. The first-order chi connectivity index (χ1) is 6.27. The Morgan fingerprint density at radius 3 is 2.46 bits per heavy atom. The van der Waals surface area contributed by atoms with Crippen molar-refractivity contribution in [2.24, 2.45) is 0 Å². The second-order valence-corrected chi connectivity index (χ2v) is 4.12. The molecule has 2 rings (SSSR count). The molecule has 1 unspecified atom stereocenters. The van der Waals surface area contributed by atoms with Crippen molar-refractivity contribution in [2.45, 2.75) is 51.2 Å². The topological polar surface area (TPSA) is 29.5 Å². The van der Waals surface area contributed by atoms with Crippen molar-refractivity contribution >= 4 is 6.09 Å². The average molecular weight is 183 g/mol. The Morgan fingerprint density at radius 2 is 2.00 bits per heavy atom. The van der Waals surface area contributed by atoms with Crippen LogP contribution in [0.5, 0.6) is 0 Å². The summed E-state index contributed by atoms with van der Waals surface area (Å²) in [6.45, 7) is 2.95. The van der Waals surface area contributed by atoms with Gasteiger partial charge in [-0.05, 0) is 39.0 Å². The van der Waals surface area contributed by atoms with Crippen LogP contribution in [0.1, 0.15) is 39.0 Å².